The van der Waals surface area contributed by atoms with Gasteiger partial charge in [-0.3, -0.25) is 9.36 Å². The number of fused-ring (bicyclic) bond motifs is 1. The van der Waals surface area contributed by atoms with E-state index in [2.05, 4.69) is 25.6 Å². The Balaban J connectivity index is 1.52. The van der Waals surface area contributed by atoms with Crippen LogP contribution in [-0.4, -0.2) is 37.4 Å². The third-order valence-corrected chi connectivity index (χ3v) is 7.47. The van der Waals surface area contributed by atoms with Gasteiger partial charge < -0.3 is 16.4 Å². The zero-order valence-corrected chi connectivity index (χ0v) is 20.6. The van der Waals surface area contributed by atoms with Crippen LogP contribution in [-0.2, 0) is 4.79 Å². The molecule has 1 aromatic carbocycles. The summed E-state index contributed by atoms with van der Waals surface area (Å²) in [5.41, 5.74) is 6.73. The topological polar surface area (TPSA) is 111 Å². The highest BCUT2D eigenvalue weighted by molar-refractivity contribution is 6.39. The molecule has 36 heavy (non-hydrogen) atoms. The number of carbonyl (C=O) groups excluding carboxylic acids is 1. The fourth-order valence-corrected chi connectivity index (χ4v) is 5.60. The minimum absolute atomic E-state index is 0.0756. The molecule has 0 spiro atoms. The quantitative estimate of drug-likeness (QED) is 0.362. The molecule has 1 amide bonds. The van der Waals surface area contributed by atoms with Crippen molar-refractivity contribution in [1.82, 2.24) is 19.5 Å². The second kappa shape index (κ2) is 9.59. The third kappa shape index (κ3) is 5.04. The van der Waals surface area contributed by atoms with E-state index in [9.17, 15) is 18.0 Å². The third-order valence-electron chi connectivity index (χ3n) is 6.88. The van der Waals surface area contributed by atoms with Gasteiger partial charge in [0.2, 0.25) is 23.7 Å². The number of rotatable bonds is 6. The summed E-state index contributed by atoms with van der Waals surface area (Å²) in [6, 6.07) is 1.75. The van der Waals surface area contributed by atoms with E-state index < -0.39 is 17.8 Å². The fourth-order valence-electron chi connectivity index (χ4n) is 5.04. The van der Waals surface area contributed by atoms with Crippen molar-refractivity contribution < 1.29 is 18.0 Å². The monoisotopic (exact) mass is 541 g/mol. The van der Waals surface area contributed by atoms with E-state index in [1.54, 1.807) is 0 Å². The molecular weight excluding hydrogens is 518 g/mol. The van der Waals surface area contributed by atoms with Crippen molar-refractivity contribution in [3.8, 4) is 0 Å². The molecule has 3 aromatic rings. The molecule has 2 aromatic heterocycles. The Morgan fingerprint density at radius 3 is 2.42 bits per heavy atom. The molecule has 0 unspecified atom stereocenters. The summed E-state index contributed by atoms with van der Waals surface area (Å²) in [5, 5.41) is 6.27. The first-order valence-electron chi connectivity index (χ1n) is 11.7. The number of halogens is 5. The maximum atomic E-state index is 13.7. The number of hydrogen-bond donors (Lipinski definition) is 3. The summed E-state index contributed by atoms with van der Waals surface area (Å²) in [7, 11) is 0. The summed E-state index contributed by atoms with van der Waals surface area (Å²) in [6.07, 6.45) is 3.86. The fraction of sp³-hybridized carbons (Fsp3) is 0.478. The van der Waals surface area contributed by atoms with E-state index >= 15 is 0 Å². The Kier molecular flexibility index (Phi) is 6.63. The van der Waals surface area contributed by atoms with Crippen LogP contribution in [0.2, 0.25) is 10.0 Å². The molecule has 0 saturated heterocycles. The number of amides is 1. The molecule has 2 aliphatic carbocycles. The number of primary amides is 1. The van der Waals surface area contributed by atoms with Crippen molar-refractivity contribution in [3.63, 3.8) is 0 Å². The molecular formula is C23H24Cl2F3N7O. The van der Waals surface area contributed by atoms with Crippen LogP contribution >= 0.6 is 23.2 Å². The molecule has 0 radical (unpaired) electrons. The predicted molar refractivity (Wildman–Crippen MR) is 131 cm³/mol. The van der Waals surface area contributed by atoms with Crippen LogP contribution in [0.5, 0.6) is 0 Å². The molecule has 13 heteroatoms. The summed E-state index contributed by atoms with van der Waals surface area (Å²) in [4.78, 5) is 25.2. The van der Waals surface area contributed by atoms with Gasteiger partial charge in [0.25, 0.3) is 0 Å². The van der Waals surface area contributed by atoms with E-state index in [1.807, 2.05) is 4.57 Å². The second-order valence-corrected chi connectivity index (χ2v) is 10.2. The lowest BCUT2D eigenvalue weighted by Gasteiger charge is -2.29. The van der Waals surface area contributed by atoms with Gasteiger partial charge in [0.1, 0.15) is 11.3 Å². The zero-order valence-electron chi connectivity index (χ0n) is 19.1. The maximum absolute atomic E-state index is 13.7. The lowest BCUT2D eigenvalue weighted by Crippen LogP contribution is -2.29. The number of hydrogen-bond acceptors (Lipinski definition) is 6. The highest BCUT2D eigenvalue weighted by Crippen LogP contribution is 2.40. The van der Waals surface area contributed by atoms with Gasteiger partial charge in [-0.1, -0.05) is 23.2 Å². The summed E-state index contributed by atoms with van der Waals surface area (Å²) >= 11 is 12.5. The lowest BCUT2D eigenvalue weighted by atomic mass is 9.85. The normalized spacial score (nSPS) is 23.6. The number of benzene rings is 1. The highest BCUT2D eigenvalue weighted by atomic mass is 35.5. The van der Waals surface area contributed by atoms with Crippen molar-refractivity contribution in [2.75, 3.05) is 10.6 Å². The van der Waals surface area contributed by atoms with Gasteiger partial charge in [-0.15, -0.1) is 0 Å². The molecule has 2 aliphatic rings. The first kappa shape index (κ1) is 24.9. The van der Waals surface area contributed by atoms with E-state index in [0.29, 0.717) is 49.2 Å². The first-order valence-corrected chi connectivity index (χ1v) is 12.5. The number of carbonyl (C=O) groups is 1. The van der Waals surface area contributed by atoms with Crippen LogP contribution in [0.1, 0.15) is 51.0 Å². The number of nitrogens with one attached hydrogen (secondary N) is 2. The number of alkyl halides is 2. The van der Waals surface area contributed by atoms with E-state index in [1.165, 1.54) is 6.20 Å². The average molecular weight is 542 g/mol. The minimum atomic E-state index is -2.70. The molecule has 8 nitrogen and oxygen atoms in total. The van der Waals surface area contributed by atoms with Crippen LogP contribution in [0.15, 0.2) is 18.3 Å². The van der Waals surface area contributed by atoms with Crippen LogP contribution in [0.3, 0.4) is 0 Å². The summed E-state index contributed by atoms with van der Waals surface area (Å²) in [6.45, 7) is 0. The smallest absolute Gasteiger partial charge is 0.250 e. The lowest BCUT2D eigenvalue weighted by molar-refractivity contribution is -0.122. The number of aromatic nitrogens is 4. The van der Waals surface area contributed by atoms with Crippen LogP contribution in [0, 0.1) is 11.7 Å². The van der Waals surface area contributed by atoms with Crippen molar-refractivity contribution >= 4 is 57.9 Å². The SMILES string of the molecule is NC(=O)C1CCC(n2c(Nc3c(Cl)cc(F)cc3Cl)nc3cnc(N[C@@H]4CCC(F)(F)C4)nc32)CC1. The van der Waals surface area contributed by atoms with Crippen LogP contribution in [0.25, 0.3) is 11.2 Å². The van der Waals surface area contributed by atoms with Crippen molar-refractivity contribution in [2.45, 2.75) is 63.0 Å². The summed E-state index contributed by atoms with van der Waals surface area (Å²) < 4.78 is 42.9. The van der Waals surface area contributed by atoms with Gasteiger partial charge in [0.05, 0.1) is 21.9 Å². The molecule has 4 N–H and O–H groups in total. The number of nitrogens with two attached hydrogens (primary N) is 1. The van der Waals surface area contributed by atoms with Gasteiger partial charge in [-0.05, 0) is 44.2 Å². The number of imidazole rings is 1. The Morgan fingerprint density at radius 2 is 1.81 bits per heavy atom. The van der Waals surface area contributed by atoms with Crippen LogP contribution in [0.4, 0.5) is 30.8 Å². The highest BCUT2D eigenvalue weighted by Gasteiger charge is 2.39. The van der Waals surface area contributed by atoms with Gasteiger partial charge in [-0.25, -0.2) is 23.1 Å². The Hall–Kier alpha value is -2.79. The molecule has 2 saturated carbocycles. The number of anilines is 3. The van der Waals surface area contributed by atoms with Crippen molar-refractivity contribution in [3.05, 3.63) is 34.2 Å². The standard InChI is InChI=1S/C23H24Cl2F3N7O/c24-15-7-12(26)8-16(25)18(15)33-22-32-17-10-30-21(31-13-5-6-23(27,28)9-13)34-20(17)35(22)14-3-1-11(2-4-14)19(29)36/h7-8,10-11,13-14H,1-6,9H2,(H2,29,36)(H,32,33)(H,30,31,34)/t11?,13-,14?/m1/s1. The van der Waals surface area contributed by atoms with Gasteiger partial charge in [0.15, 0.2) is 5.65 Å². The zero-order chi connectivity index (χ0) is 25.6. The van der Waals surface area contributed by atoms with Crippen molar-refractivity contribution in [1.29, 1.82) is 0 Å². The molecule has 2 heterocycles. The summed E-state index contributed by atoms with van der Waals surface area (Å²) in [5.74, 6) is -3.22. The van der Waals surface area contributed by atoms with E-state index in [0.717, 1.165) is 12.1 Å². The maximum Gasteiger partial charge on any atom is 0.250 e. The minimum Gasteiger partial charge on any atom is -0.369 e. The molecule has 192 valence electrons. The molecule has 5 rings (SSSR count). The molecule has 0 aliphatic heterocycles. The first-order chi connectivity index (χ1) is 17.1. The molecule has 0 bridgehead atoms. The van der Waals surface area contributed by atoms with Gasteiger partial charge in [0, 0.05) is 30.8 Å². The average Bonchev–Trinajstić information content (AvgIpc) is 3.34. The Labute approximate surface area is 214 Å². The Morgan fingerprint density at radius 1 is 1.11 bits per heavy atom. The Bertz CT molecular complexity index is 1290. The van der Waals surface area contributed by atoms with E-state index in [4.69, 9.17) is 28.9 Å². The van der Waals surface area contributed by atoms with Gasteiger partial charge >= 0.3 is 0 Å². The molecule has 2 fully saturated rings. The predicted octanol–water partition coefficient (Wildman–Crippen LogP) is 5.83. The second-order valence-electron chi connectivity index (χ2n) is 9.43. The van der Waals surface area contributed by atoms with Crippen LogP contribution < -0.4 is 16.4 Å². The van der Waals surface area contributed by atoms with Crippen molar-refractivity contribution in [2.24, 2.45) is 11.7 Å². The van der Waals surface area contributed by atoms with Gasteiger partial charge in [-0.2, -0.15) is 4.98 Å². The number of nitrogens with zero attached hydrogens (tertiary/aromatic N) is 4. The van der Waals surface area contributed by atoms with E-state index in [-0.39, 0.29) is 52.4 Å². The largest absolute Gasteiger partial charge is 0.369 e. The molecule has 1 atom stereocenters.